The number of furan rings is 1. The van der Waals surface area contributed by atoms with Crippen molar-refractivity contribution in [3.8, 4) is 23.0 Å². The summed E-state index contributed by atoms with van der Waals surface area (Å²) in [5.41, 5.74) is 1.49. The van der Waals surface area contributed by atoms with Gasteiger partial charge in [0, 0.05) is 22.9 Å². The van der Waals surface area contributed by atoms with Gasteiger partial charge in [0.1, 0.15) is 36.6 Å². The Morgan fingerprint density at radius 2 is 1.06 bits per heavy atom. The van der Waals surface area contributed by atoms with Gasteiger partial charge in [-0.1, -0.05) is 39.5 Å². The molecule has 5 rings (SSSR count). The lowest BCUT2D eigenvalue weighted by molar-refractivity contribution is 0.239. The lowest BCUT2D eigenvalue weighted by atomic mass is 10.1. The first-order chi connectivity index (χ1) is 17.2. The van der Waals surface area contributed by atoms with Gasteiger partial charge in [-0.15, -0.1) is 0 Å². The van der Waals surface area contributed by atoms with E-state index in [4.69, 9.17) is 32.8 Å². The van der Waals surface area contributed by atoms with Crippen LogP contribution in [0.3, 0.4) is 0 Å². The Kier molecular flexibility index (Phi) is 7.84. The van der Waals surface area contributed by atoms with Crippen LogP contribution in [0.5, 0.6) is 23.0 Å². The molecule has 3 aromatic rings. The molecule has 2 unspecified atom stereocenters. The second-order valence-corrected chi connectivity index (χ2v) is 9.34. The molecule has 2 aliphatic heterocycles. The molecule has 0 bridgehead atoms. The zero-order valence-electron chi connectivity index (χ0n) is 20.8. The predicted octanol–water partition coefficient (Wildman–Crippen LogP) is 6.28. The van der Waals surface area contributed by atoms with Crippen molar-refractivity contribution in [2.24, 2.45) is 0 Å². The first-order valence-corrected chi connectivity index (χ1v) is 13.0. The standard InChI is InChI=1S/C28H36O7/c1-3-5-7-9-29-25-11-21-22-12-26(30-10-8-6-4-2)28(34-18-20-16-32-20)14-24(22)35-23(21)13-27(25)33-17-19-15-31-19/h11-14,19-20H,3-10,15-18H2,1-2H3. The highest BCUT2D eigenvalue weighted by atomic mass is 16.6. The van der Waals surface area contributed by atoms with Gasteiger partial charge in [-0.2, -0.15) is 0 Å². The molecule has 2 saturated heterocycles. The van der Waals surface area contributed by atoms with Crippen molar-refractivity contribution in [3.63, 3.8) is 0 Å². The molecular weight excluding hydrogens is 448 g/mol. The van der Waals surface area contributed by atoms with Crippen LogP contribution in [0, 0.1) is 0 Å². The van der Waals surface area contributed by atoms with Crippen molar-refractivity contribution in [1.29, 1.82) is 0 Å². The van der Waals surface area contributed by atoms with Gasteiger partial charge in [0.05, 0.1) is 26.4 Å². The fourth-order valence-corrected chi connectivity index (χ4v) is 4.00. The fraction of sp³-hybridized carbons (Fsp3) is 0.571. The highest BCUT2D eigenvalue weighted by Crippen LogP contribution is 2.42. The van der Waals surface area contributed by atoms with Gasteiger partial charge >= 0.3 is 0 Å². The summed E-state index contributed by atoms with van der Waals surface area (Å²) in [6, 6.07) is 7.89. The first-order valence-electron chi connectivity index (χ1n) is 13.0. The van der Waals surface area contributed by atoms with E-state index in [2.05, 4.69) is 13.8 Å². The molecule has 35 heavy (non-hydrogen) atoms. The van der Waals surface area contributed by atoms with E-state index in [0.717, 1.165) is 85.2 Å². The van der Waals surface area contributed by atoms with Crippen LogP contribution < -0.4 is 18.9 Å². The van der Waals surface area contributed by atoms with Gasteiger partial charge in [0.15, 0.2) is 23.0 Å². The van der Waals surface area contributed by atoms with Gasteiger partial charge in [-0.3, -0.25) is 0 Å². The van der Waals surface area contributed by atoms with E-state index in [1.165, 1.54) is 0 Å². The maximum atomic E-state index is 6.24. The number of hydrogen-bond acceptors (Lipinski definition) is 7. The molecule has 0 radical (unpaired) electrons. The molecule has 0 spiro atoms. The molecule has 0 saturated carbocycles. The summed E-state index contributed by atoms with van der Waals surface area (Å²) in [7, 11) is 0. The average Bonchev–Trinajstić information content (AvgIpc) is 3.80. The van der Waals surface area contributed by atoms with Crippen LogP contribution in [0.1, 0.15) is 52.4 Å². The van der Waals surface area contributed by atoms with Gasteiger partial charge in [-0.25, -0.2) is 0 Å². The molecule has 1 aromatic heterocycles. The van der Waals surface area contributed by atoms with Crippen LogP contribution in [0.25, 0.3) is 21.9 Å². The number of fused-ring (bicyclic) bond motifs is 3. The fourth-order valence-electron chi connectivity index (χ4n) is 4.00. The van der Waals surface area contributed by atoms with Crippen molar-refractivity contribution in [1.82, 2.24) is 0 Å². The molecule has 2 aromatic carbocycles. The second-order valence-electron chi connectivity index (χ2n) is 9.34. The molecule has 0 aliphatic carbocycles. The van der Waals surface area contributed by atoms with Crippen molar-refractivity contribution < 1.29 is 32.8 Å². The Morgan fingerprint density at radius 3 is 1.46 bits per heavy atom. The van der Waals surface area contributed by atoms with Crippen molar-refractivity contribution in [3.05, 3.63) is 24.3 Å². The summed E-state index contributed by atoms with van der Waals surface area (Å²) in [6.07, 6.45) is 6.91. The lowest BCUT2D eigenvalue weighted by Crippen LogP contribution is -2.06. The van der Waals surface area contributed by atoms with Gasteiger partial charge in [-0.05, 0) is 25.0 Å². The molecule has 2 fully saturated rings. The minimum absolute atomic E-state index is 0.164. The Balaban J connectivity index is 1.46. The molecule has 2 aliphatic rings. The van der Waals surface area contributed by atoms with Crippen molar-refractivity contribution >= 4 is 21.9 Å². The van der Waals surface area contributed by atoms with Crippen LogP contribution >= 0.6 is 0 Å². The van der Waals surface area contributed by atoms with E-state index in [1.54, 1.807) is 0 Å². The third-order valence-electron chi connectivity index (χ3n) is 6.27. The van der Waals surface area contributed by atoms with Crippen molar-refractivity contribution in [2.75, 3.05) is 39.6 Å². The molecule has 3 heterocycles. The molecule has 2 atom stereocenters. The van der Waals surface area contributed by atoms with E-state index >= 15 is 0 Å². The molecule has 0 amide bonds. The minimum Gasteiger partial charge on any atom is -0.490 e. The summed E-state index contributed by atoms with van der Waals surface area (Å²) in [6.45, 7) is 8.18. The quantitative estimate of drug-likeness (QED) is 0.175. The third-order valence-corrected chi connectivity index (χ3v) is 6.27. The monoisotopic (exact) mass is 484 g/mol. The Hall–Kier alpha value is -2.64. The van der Waals surface area contributed by atoms with Crippen LogP contribution in [-0.4, -0.2) is 51.8 Å². The van der Waals surface area contributed by atoms with E-state index in [9.17, 15) is 0 Å². The number of unbranched alkanes of at least 4 members (excludes halogenated alkanes) is 4. The smallest absolute Gasteiger partial charge is 0.165 e. The van der Waals surface area contributed by atoms with Crippen molar-refractivity contribution in [2.45, 2.75) is 64.6 Å². The summed E-state index contributed by atoms with van der Waals surface area (Å²) in [5.74, 6) is 2.83. The summed E-state index contributed by atoms with van der Waals surface area (Å²) < 4.78 is 41.3. The number of epoxide rings is 2. The highest BCUT2D eigenvalue weighted by molar-refractivity contribution is 6.07. The molecular formula is C28H36O7. The minimum atomic E-state index is 0.164. The topological polar surface area (TPSA) is 75.1 Å². The third kappa shape index (κ3) is 6.33. The van der Waals surface area contributed by atoms with Crippen LogP contribution in [0.2, 0.25) is 0 Å². The Labute approximate surface area is 206 Å². The van der Waals surface area contributed by atoms with Gasteiger partial charge in [0.2, 0.25) is 0 Å². The molecule has 7 nitrogen and oxygen atoms in total. The molecule has 190 valence electrons. The summed E-state index contributed by atoms with van der Waals surface area (Å²) >= 11 is 0. The molecule has 0 N–H and O–H groups in total. The normalized spacial score (nSPS) is 18.7. The SMILES string of the molecule is CCCCCOc1cc2c(cc1OCC1CO1)oc1cc(OCC3CO3)c(OCCCCC)cc12. The Bertz CT molecular complexity index is 1030. The predicted molar refractivity (Wildman–Crippen MR) is 134 cm³/mol. The van der Waals surface area contributed by atoms with Crippen LogP contribution in [0.4, 0.5) is 0 Å². The van der Waals surface area contributed by atoms with Crippen LogP contribution in [-0.2, 0) is 9.47 Å². The maximum absolute atomic E-state index is 6.24. The Morgan fingerprint density at radius 1 is 0.629 bits per heavy atom. The molecule has 7 heteroatoms. The second kappa shape index (κ2) is 11.4. The summed E-state index contributed by atoms with van der Waals surface area (Å²) in [5, 5.41) is 1.94. The first kappa shape index (κ1) is 24.1. The zero-order chi connectivity index (χ0) is 24.0. The summed E-state index contributed by atoms with van der Waals surface area (Å²) in [4.78, 5) is 0. The zero-order valence-corrected chi connectivity index (χ0v) is 20.8. The van der Waals surface area contributed by atoms with Crippen LogP contribution in [0.15, 0.2) is 28.7 Å². The van der Waals surface area contributed by atoms with E-state index < -0.39 is 0 Å². The van der Waals surface area contributed by atoms with E-state index in [1.807, 2.05) is 24.3 Å². The maximum Gasteiger partial charge on any atom is 0.165 e. The number of ether oxygens (including phenoxy) is 6. The average molecular weight is 485 g/mol. The largest absolute Gasteiger partial charge is 0.490 e. The highest BCUT2D eigenvalue weighted by Gasteiger charge is 2.26. The van der Waals surface area contributed by atoms with E-state index in [-0.39, 0.29) is 12.2 Å². The number of benzene rings is 2. The number of rotatable bonds is 16. The number of hydrogen-bond donors (Lipinski definition) is 0. The lowest BCUT2D eigenvalue weighted by Gasteiger charge is -2.13. The van der Waals surface area contributed by atoms with Gasteiger partial charge in [0.25, 0.3) is 0 Å². The van der Waals surface area contributed by atoms with Gasteiger partial charge < -0.3 is 32.8 Å². The van der Waals surface area contributed by atoms with E-state index in [0.29, 0.717) is 37.9 Å².